The Hall–Kier alpha value is -2.00. The normalized spacial score (nSPS) is 11.8. The first-order chi connectivity index (χ1) is 8.91. The molecule has 6 heteroatoms. The van der Waals surface area contributed by atoms with Gasteiger partial charge in [0.1, 0.15) is 0 Å². The molecule has 0 aromatic heterocycles. The molecule has 0 amide bonds. The Balaban J connectivity index is 3.01. The van der Waals surface area contributed by atoms with Crippen LogP contribution in [0.5, 0.6) is 0 Å². The van der Waals surface area contributed by atoms with Gasteiger partial charge in [0.05, 0.1) is 11.1 Å². The number of amidine groups is 1. The number of nitriles is 1. The summed E-state index contributed by atoms with van der Waals surface area (Å²) in [5, 5.41) is 20.6. The van der Waals surface area contributed by atoms with E-state index in [-0.39, 0.29) is 0 Å². The zero-order chi connectivity index (χ0) is 14.5. The second-order valence-electron chi connectivity index (χ2n) is 4.33. The molecule has 2 N–H and O–H groups in total. The Morgan fingerprint density at radius 1 is 1.42 bits per heavy atom. The number of rotatable bonds is 3. The van der Waals surface area contributed by atoms with Crippen molar-refractivity contribution in [1.82, 2.24) is 5.32 Å². The van der Waals surface area contributed by atoms with E-state index in [1.807, 2.05) is 12.4 Å². The first kappa shape index (κ1) is 15.1. The van der Waals surface area contributed by atoms with Crippen LogP contribution in [-0.4, -0.2) is 22.5 Å². The lowest BCUT2D eigenvalue weighted by molar-refractivity contribution is -0.142. The fourth-order valence-corrected chi connectivity index (χ4v) is 1.71. The third-order valence-electron chi connectivity index (χ3n) is 2.71. The maximum absolute atomic E-state index is 11.1. The minimum Gasteiger partial charge on any atom is -0.481 e. The molecule has 1 aromatic rings. The van der Waals surface area contributed by atoms with Crippen molar-refractivity contribution in [1.29, 1.82) is 5.26 Å². The molecule has 0 fully saturated rings. The van der Waals surface area contributed by atoms with Crippen molar-refractivity contribution in [3.63, 3.8) is 0 Å². The molecule has 0 aliphatic carbocycles. The van der Waals surface area contributed by atoms with Crippen molar-refractivity contribution in [3.8, 4) is 6.19 Å². The summed E-state index contributed by atoms with van der Waals surface area (Å²) in [5.74, 6) is -0.875. The number of carboxylic acid groups (broad SMARTS) is 1. The monoisotopic (exact) mass is 277 g/mol. The van der Waals surface area contributed by atoms with Gasteiger partial charge in [0, 0.05) is 0 Å². The van der Waals surface area contributed by atoms with Crippen LogP contribution in [0.2, 0.25) is 0 Å². The highest BCUT2D eigenvalue weighted by atomic mass is 32.2. The summed E-state index contributed by atoms with van der Waals surface area (Å²) in [7, 11) is 0. The van der Waals surface area contributed by atoms with Gasteiger partial charge in [0.15, 0.2) is 11.4 Å². The van der Waals surface area contributed by atoms with Gasteiger partial charge >= 0.3 is 5.97 Å². The predicted molar refractivity (Wildman–Crippen MR) is 76.5 cm³/mol. The topological polar surface area (TPSA) is 85.5 Å². The van der Waals surface area contributed by atoms with Gasteiger partial charge in [-0.1, -0.05) is 23.9 Å². The van der Waals surface area contributed by atoms with Gasteiger partial charge < -0.3 is 5.11 Å². The second-order valence-corrected chi connectivity index (χ2v) is 5.13. The van der Waals surface area contributed by atoms with Crippen molar-refractivity contribution in [2.24, 2.45) is 4.99 Å². The lowest BCUT2D eigenvalue weighted by Gasteiger charge is -2.19. The molecule has 0 aliphatic rings. The highest BCUT2D eigenvalue weighted by molar-refractivity contribution is 8.13. The van der Waals surface area contributed by atoms with Crippen molar-refractivity contribution in [3.05, 3.63) is 29.8 Å². The average molecular weight is 277 g/mol. The van der Waals surface area contributed by atoms with E-state index in [9.17, 15) is 4.79 Å². The van der Waals surface area contributed by atoms with E-state index in [2.05, 4.69) is 10.3 Å². The van der Waals surface area contributed by atoms with E-state index in [4.69, 9.17) is 10.4 Å². The van der Waals surface area contributed by atoms with Crippen LogP contribution >= 0.6 is 11.8 Å². The Morgan fingerprint density at radius 2 is 2.00 bits per heavy atom. The van der Waals surface area contributed by atoms with Crippen LogP contribution in [0, 0.1) is 11.5 Å². The Kier molecular flexibility index (Phi) is 4.95. The minimum atomic E-state index is -0.935. The quantitative estimate of drug-likeness (QED) is 0.383. The third kappa shape index (κ3) is 3.73. The van der Waals surface area contributed by atoms with E-state index in [0.717, 1.165) is 0 Å². The third-order valence-corrected chi connectivity index (χ3v) is 3.29. The highest BCUT2D eigenvalue weighted by Crippen LogP contribution is 2.25. The highest BCUT2D eigenvalue weighted by Gasteiger charge is 2.29. The average Bonchev–Trinajstić information content (AvgIpc) is 2.38. The zero-order valence-electron chi connectivity index (χ0n) is 11.0. The smallest absolute Gasteiger partial charge is 0.313 e. The number of nitrogens with one attached hydrogen (secondary N) is 1. The molecule has 0 spiro atoms. The summed E-state index contributed by atoms with van der Waals surface area (Å²) < 4.78 is 0. The number of hydrogen-bond acceptors (Lipinski definition) is 4. The van der Waals surface area contributed by atoms with Crippen molar-refractivity contribution in [2.45, 2.75) is 19.3 Å². The fraction of sp³-hybridized carbons (Fsp3) is 0.308. The van der Waals surface area contributed by atoms with Crippen molar-refractivity contribution >= 4 is 28.6 Å². The van der Waals surface area contributed by atoms with Gasteiger partial charge in [0.25, 0.3) is 0 Å². The summed E-state index contributed by atoms with van der Waals surface area (Å²) in [4.78, 5) is 15.4. The Labute approximate surface area is 116 Å². The first-order valence-electron chi connectivity index (χ1n) is 5.53. The number of hydrogen-bond donors (Lipinski definition) is 2. The molecule has 0 radical (unpaired) electrons. The Morgan fingerprint density at radius 3 is 2.42 bits per heavy atom. The van der Waals surface area contributed by atoms with E-state index in [1.54, 1.807) is 38.1 Å². The van der Waals surface area contributed by atoms with E-state index in [1.165, 1.54) is 11.8 Å². The lowest BCUT2D eigenvalue weighted by Crippen LogP contribution is -2.28. The SMILES string of the molecule is CSC(=Nc1ccc(C(C)(C)C(=O)O)cc1)NC#N. The molecule has 0 saturated heterocycles. The van der Waals surface area contributed by atoms with E-state index in [0.29, 0.717) is 16.4 Å². The van der Waals surface area contributed by atoms with Crippen molar-refractivity contribution < 1.29 is 9.90 Å². The first-order valence-corrected chi connectivity index (χ1v) is 6.76. The molecule has 0 saturated carbocycles. The summed E-state index contributed by atoms with van der Waals surface area (Å²) in [5.41, 5.74) is 0.435. The number of nitrogens with zero attached hydrogens (tertiary/aromatic N) is 2. The summed E-state index contributed by atoms with van der Waals surface area (Å²) in [6, 6.07) is 6.93. The predicted octanol–water partition coefficient (Wildman–Crippen LogP) is 2.47. The summed E-state index contributed by atoms with van der Waals surface area (Å²) >= 11 is 1.33. The number of carbonyl (C=O) groups is 1. The van der Waals surface area contributed by atoms with Gasteiger partial charge in [-0.25, -0.2) is 4.99 Å². The van der Waals surface area contributed by atoms with Crippen LogP contribution in [0.15, 0.2) is 29.3 Å². The van der Waals surface area contributed by atoms with Crippen molar-refractivity contribution in [2.75, 3.05) is 6.26 Å². The molecular weight excluding hydrogens is 262 g/mol. The Bertz CT molecular complexity index is 530. The second kappa shape index (κ2) is 6.25. The molecular formula is C13H15N3O2S. The van der Waals surface area contributed by atoms with Crippen LogP contribution < -0.4 is 5.32 Å². The van der Waals surface area contributed by atoms with E-state index < -0.39 is 11.4 Å². The largest absolute Gasteiger partial charge is 0.481 e. The maximum Gasteiger partial charge on any atom is 0.313 e. The van der Waals surface area contributed by atoms with Gasteiger partial charge in [-0.2, -0.15) is 5.26 Å². The molecule has 0 aliphatic heterocycles. The van der Waals surface area contributed by atoms with Crippen LogP contribution in [0.1, 0.15) is 19.4 Å². The molecule has 1 rings (SSSR count). The molecule has 5 nitrogen and oxygen atoms in total. The van der Waals surface area contributed by atoms with Crippen LogP contribution in [0.25, 0.3) is 0 Å². The summed E-state index contributed by atoms with van der Waals surface area (Å²) in [6.07, 6.45) is 3.62. The number of carboxylic acids is 1. The minimum absolute atomic E-state index is 0.493. The van der Waals surface area contributed by atoms with E-state index >= 15 is 0 Å². The summed E-state index contributed by atoms with van der Waals surface area (Å²) in [6.45, 7) is 3.30. The standard InChI is InChI=1S/C13H15N3O2S/c1-13(2,11(17)18)9-4-6-10(7-5-9)16-12(19-3)15-8-14/h4-7H,1-3H3,(H,15,16)(H,17,18). The van der Waals surface area contributed by atoms with Gasteiger partial charge in [0.2, 0.25) is 0 Å². The fourth-order valence-electron chi connectivity index (χ4n) is 1.37. The number of benzene rings is 1. The van der Waals surface area contributed by atoms with Gasteiger partial charge in [-0.05, 0) is 37.8 Å². The van der Waals surface area contributed by atoms with Crippen LogP contribution in [0.4, 0.5) is 5.69 Å². The van der Waals surface area contributed by atoms with Gasteiger partial charge in [-0.3, -0.25) is 10.1 Å². The van der Waals surface area contributed by atoms with Gasteiger partial charge in [-0.15, -0.1) is 0 Å². The molecule has 0 atom stereocenters. The zero-order valence-corrected chi connectivity index (χ0v) is 11.8. The van der Waals surface area contributed by atoms with Crippen LogP contribution in [-0.2, 0) is 10.2 Å². The molecule has 19 heavy (non-hydrogen) atoms. The maximum atomic E-state index is 11.1. The molecule has 0 unspecified atom stereocenters. The van der Waals surface area contributed by atoms with Crippen LogP contribution in [0.3, 0.4) is 0 Å². The molecule has 0 heterocycles. The number of aliphatic imine (C=N–C) groups is 1. The molecule has 0 bridgehead atoms. The number of aliphatic carboxylic acids is 1. The lowest BCUT2D eigenvalue weighted by atomic mass is 9.85. The molecule has 100 valence electrons. The molecule has 1 aromatic carbocycles. The number of thioether (sulfide) groups is 1.